The molecule has 1 aliphatic heterocycles. The van der Waals surface area contributed by atoms with Gasteiger partial charge in [0.25, 0.3) is 5.91 Å². The smallest absolute Gasteiger partial charge is 0.257 e. The maximum atomic E-state index is 14.5. The molecule has 2 N–H and O–H groups in total. The van der Waals surface area contributed by atoms with Crippen LogP contribution >= 0.6 is 0 Å². The minimum atomic E-state index is -0.489. The van der Waals surface area contributed by atoms with Gasteiger partial charge in [0.05, 0.1) is 22.5 Å². The SMILES string of the molecule is Cc1ccc2c(N3C[C@@H](C)N[C@@H](C)C3)ccc(C(=O)Nc3cc(F)c4nc(C)cn4c3)c2n1. The predicted octanol–water partition coefficient (Wildman–Crippen LogP) is 4.08. The van der Waals surface area contributed by atoms with Gasteiger partial charge in [0, 0.05) is 60.4 Å². The van der Waals surface area contributed by atoms with Crippen LogP contribution < -0.4 is 15.5 Å². The fourth-order valence-electron chi connectivity index (χ4n) is 4.73. The fraction of sp³-hybridized carbons (Fsp3) is 0.320. The third-order valence-corrected chi connectivity index (χ3v) is 6.00. The Hall–Kier alpha value is -3.52. The summed E-state index contributed by atoms with van der Waals surface area (Å²) in [5, 5.41) is 7.32. The number of hydrogen-bond donors (Lipinski definition) is 2. The molecule has 0 saturated carbocycles. The van der Waals surface area contributed by atoms with Crippen molar-refractivity contribution in [2.24, 2.45) is 0 Å². The van der Waals surface area contributed by atoms with Crippen LogP contribution in [0.5, 0.6) is 0 Å². The van der Waals surface area contributed by atoms with Gasteiger partial charge in [-0.1, -0.05) is 0 Å². The van der Waals surface area contributed by atoms with Crippen LogP contribution in [0.2, 0.25) is 0 Å². The molecule has 8 heteroatoms. The first-order valence-electron chi connectivity index (χ1n) is 11.2. The predicted molar refractivity (Wildman–Crippen MR) is 129 cm³/mol. The Morgan fingerprint density at radius 1 is 1.06 bits per heavy atom. The summed E-state index contributed by atoms with van der Waals surface area (Å²) in [6.07, 6.45) is 3.38. The molecule has 0 radical (unpaired) electrons. The van der Waals surface area contributed by atoms with Gasteiger partial charge in [0.15, 0.2) is 11.5 Å². The molecule has 1 saturated heterocycles. The first kappa shape index (κ1) is 21.3. The molecule has 5 rings (SSSR count). The van der Waals surface area contributed by atoms with Crippen molar-refractivity contribution < 1.29 is 9.18 Å². The van der Waals surface area contributed by atoms with Gasteiger partial charge in [-0.05, 0) is 52.0 Å². The van der Waals surface area contributed by atoms with E-state index in [4.69, 9.17) is 4.98 Å². The number of hydrogen-bond acceptors (Lipinski definition) is 5. The molecule has 170 valence electrons. The van der Waals surface area contributed by atoms with E-state index in [1.807, 2.05) is 31.2 Å². The van der Waals surface area contributed by atoms with Crippen molar-refractivity contribution in [2.75, 3.05) is 23.3 Å². The minimum Gasteiger partial charge on any atom is -0.368 e. The normalized spacial score (nSPS) is 18.8. The lowest BCUT2D eigenvalue weighted by atomic mass is 10.0. The van der Waals surface area contributed by atoms with E-state index in [1.54, 1.807) is 23.7 Å². The second kappa shape index (κ2) is 8.12. The Morgan fingerprint density at radius 3 is 2.58 bits per heavy atom. The number of rotatable bonds is 3. The number of carbonyl (C=O) groups is 1. The first-order valence-corrected chi connectivity index (χ1v) is 11.2. The number of carbonyl (C=O) groups excluding carboxylic acids is 1. The van der Waals surface area contributed by atoms with Gasteiger partial charge in [0.2, 0.25) is 0 Å². The summed E-state index contributed by atoms with van der Waals surface area (Å²) in [5.74, 6) is -0.820. The topological polar surface area (TPSA) is 74.6 Å². The van der Waals surface area contributed by atoms with Crippen LogP contribution in [-0.2, 0) is 0 Å². The van der Waals surface area contributed by atoms with Crippen LogP contribution in [0, 0.1) is 19.7 Å². The lowest BCUT2D eigenvalue weighted by molar-refractivity contribution is 0.102. The molecular formula is C25H27FN6O. The van der Waals surface area contributed by atoms with Crippen molar-refractivity contribution in [3.8, 4) is 0 Å². The van der Waals surface area contributed by atoms with Gasteiger partial charge in [-0.3, -0.25) is 9.78 Å². The summed E-state index contributed by atoms with van der Waals surface area (Å²) in [4.78, 5) is 24.5. The standard InChI is InChI=1S/C25H27FN6O/c1-14-5-6-19-22(31-10-15(2)27-16(3)11-31)8-7-20(23(19)28-14)25(33)30-18-9-21(26)24-29-17(4)12-32(24)13-18/h5-9,12-13,15-16,27H,10-11H2,1-4H3,(H,30,33)/t15-,16+. The number of piperazine rings is 1. The maximum Gasteiger partial charge on any atom is 0.257 e. The van der Waals surface area contributed by atoms with Crippen molar-refractivity contribution in [2.45, 2.75) is 39.8 Å². The summed E-state index contributed by atoms with van der Waals surface area (Å²) in [6, 6.07) is 9.81. The molecule has 0 bridgehead atoms. The number of halogens is 1. The maximum absolute atomic E-state index is 14.5. The number of benzene rings is 1. The van der Waals surface area contributed by atoms with Crippen molar-refractivity contribution in [3.05, 3.63) is 65.5 Å². The van der Waals surface area contributed by atoms with Crippen LogP contribution in [0.4, 0.5) is 15.8 Å². The summed E-state index contributed by atoms with van der Waals surface area (Å²) in [6.45, 7) is 9.81. The van der Waals surface area contributed by atoms with Crippen LogP contribution in [0.15, 0.2) is 42.7 Å². The second-order valence-electron chi connectivity index (χ2n) is 9.00. The molecule has 0 spiro atoms. The van der Waals surface area contributed by atoms with Gasteiger partial charge in [-0.25, -0.2) is 9.37 Å². The number of amides is 1. The fourth-order valence-corrected chi connectivity index (χ4v) is 4.73. The van der Waals surface area contributed by atoms with Crippen LogP contribution in [-0.4, -0.2) is 45.4 Å². The first-order chi connectivity index (χ1) is 15.8. The highest BCUT2D eigenvalue weighted by atomic mass is 19.1. The van der Waals surface area contributed by atoms with Gasteiger partial charge in [-0.2, -0.15) is 0 Å². The van der Waals surface area contributed by atoms with E-state index < -0.39 is 5.82 Å². The third kappa shape index (κ3) is 4.02. The van der Waals surface area contributed by atoms with Crippen LogP contribution in [0.25, 0.3) is 16.6 Å². The van der Waals surface area contributed by atoms with Crippen molar-refractivity contribution >= 4 is 33.8 Å². The molecule has 0 unspecified atom stereocenters. The molecule has 4 heterocycles. The zero-order valence-corrected chi connectivity index (χ0v) is 19.2. The highest BCUT2D eigenvalue weighted by Gasteiger charge is 2.24. The number of pyridine rings is 2. The van der Waals surface area contributed by atoms with E-state index >= 15 is 0 Å². The Kier molecular flexibility index (Phi) is 5.25. The molecule has 3 aromatic heterocycles. The summed E-state index contributed by atoms with van der Waals surface area (Å²) >= 11 is 0. The average Bonchev–Trinajstić information content (AvgIpc) is 3.12. The Labute approximate surface area is 191 Å². The molecular weight excluding hydrogens is 419 g/mol. The molecule has 1 aliphatic rings. The summed E-state index contributed by atoms with van der Waals surface area (Å²) in [7, 11) is 0. The molecule has 0 aliphatic carbocycles. The van der Waals surface area contributed by atoms with E-state index in [9.17, 15) is 9.18 Å². The molecule has 7 nitrogen and oxygen atoms in total. The second-order valence-corrected chi connectivity index (χ2v) is 9.00. The number of aryl methyl sites for hydroxylation is 2. The molecule has 2 atom stereocenters. The van der Waals surface area contributed by atoms with Gasteiger partial charge >= 0.3 is 0 Å². The van der Waals surface area contributed by atoms with E-state index in [1.165, 1.54) is 6.07 Å². The highest BCUT2D eigenvalue weighted by Crippen LogP contribution is 2.31. The lowest BCUT2D eigenvalue weighted by Crippen LogP contribution is -2.54. The van der Waals surface area contributed by atoms with E-state index in [0.29, 0.717) is 34.5 Å². The molecule has 1 amide bonds. The van der Waals surface area contributed by atoms with Crippen molar-refractivity contribution in [3.63, 3.8) is 0 Å². The third-order valence-electron chi connectivity index (χ3n) is 6.00. The highest BCUT2D eigenvalue weighted by molar-refractivity contribution is 6.14. The summed E-state index contributed by atoms with van der Waals surface area (Å²) in [5.41, 5.74) is 4.29. The number of nitrogens with zero attached hydrogens (tertiary/aromatic N) is 4. The Morgan fingerprint density at radius 2 is 1.82 bits per heavy atom. The monoisotopic (exact) mass is 446 g/mol. The molecule has 1 aromatic carbocycles. The Bertz CT molecular complexity index is 1370. The molecule has 33 heavy (non-hydrogen) atoms. The minimum absolute atomic E-state index is 0.233. The quantitative estimate of drug-likeness (QED) is 0.496. The zero-order chi connectivity index (χ0) is 23.3. The average molecular weight is 447 g/mol. The number of nitrogens with one attached hydrogen (secondary N) is 2. The number of fused-ring (bicyclic) bond motifs is 2. The Balaban J connectivity index is 1.53. The van der Waals surface area contributed by atoms with E-state index in [2.05, 4.69) is 34.4 Å². The van der Waals surface area contributed by atoms with E-state index in [0.717, 1.165) is 29.9 Å². The molecule has 1 fully saturated rings. The van der Waals surface area contributed by atoms with Crippen molar-refractivity contribution in [1.82, 2.24) is 19.7 Å². The number of imidazole rings is 1. The lowest BCUT2D eigenvalue weighted by Gasteiger charge is -2.38. The zero-order valence-electron chi connectivity index (χ0n) is 19.2. The van der Waals surface area contributed by atoms with Crippen LogP contribution in [0.1, 0.15) is 35.6 Å². The van der Waals surface area contributed by atoms with Gasteiger partial charge < -0.3 is 19.9 Å². The molecule has 4 aromatic rings. The van der Waals surface area contributed by atoms with Crippen molar-refractivity contribution in [1.29, 1.82) is 0 Å². The van der Waals surface area contributed by atoms with E-state index in [-0.39, 0.29) is 11.6 Å². The van der Waals surface area contributed by atoms with Gasteiger partial charge in [-0.15, -0.1) is 0 Å². The van der Waals surface area contributed by atoms with Gasteiger partial charge in [0.1, 0.15) is 0 Å². The summed E-state index contributed by atoms with van der Waals surface area (Å²) < 4.78 is 16.1. The largest absolute Gasteiger partial charge is 0.368 e. The number of aromatic nitrogens is 3. The number of anilines is 2. The van der Waals surface area contributed by atoms with Crippen LogP contribution in [0.3, 0.4) is 0 Å².